The van der Waals surface area contributed by atoms with Crippen LogP contribution in [0, 0.1) is 0 Å². The first-order valence-corrected chi connectivity index (χ1v) is 4.58. The lowest BCUT2D eigenvalue weighted by molar-refractivity contribution is -0.140. The molecule has 3 nitrogen and oxygen atoms in total. The fraction of sp³-hybridized carbons (Fsp3) is 0.700. The van der Waals surface area contributed by atoms with Crippen molar-refractivity contribution in [3.8, 4) is 0 Å². The lowest BCUT2D eigenvalue weighted by Crippen LogP contribution is -2.02. The van der Waals surface area contributed by atoms with Crippen LogP contribution < -0.4 is 0 Å². The number of hydrogen-bond acceptors (Lipinski definition) is 3. The molecule has 0 bridgehead atoms. The standard InChI is InChI=1S/C10H18O3/c1-3-9(11)7-5-4-6-8-10(12)13-2/h3,9,11H,1,4-8H2,2H3. The number of hydrogen-bond donors (Lipinski definition) is 1. The van der Waals surface area contributed by atoms with Gasteiger partial charge in [-0.1, -0.05) is 18.9 Å². The molecular weight excluding hydrogens is 168 g/mol. The van der Waals surface area contributed by atoms with Crippen molar-refractivity contribution >= 4 is 5.97 Å². The Kier molecular flexibility index (Phi) is 7.30. The van der Waals surface area contributed by atoms with E-state index in [4.69, 9.17) is 5.11 Å². The quantitative estimate of drug-likeness (QED) is 0.373. The average Bonchev–Trinajstić information content (AvgIpc) is 2.16. The summed E-state index contributed by atoms with van der Waals surface area (Å²) < 4.78 is 4.49. The summed E-state index contributed by atoms with van der Waals surface area (Å²) in [5.74, 6) is -0.163. The fourth-order valence-electron chi connectivity index (χ4n) is 1.02. The number of aliphatic hydroxyl groups excluding tert-OH is 1. The van der Waals surface area contributed by atoms with Crippen LogP contribution >= 0.6 is 0 Å². The van der Waals surface area contributed by atoms with Crippen molar-refractivity contribution in [2.24, 2.45) is 0 Å². The van der Waals surface area contributed by atoms with Crippen LogP contribution in [0.25, 0.3) is 0 Å². The van der Waals surface area contributed by atoms with Gasteiger partial charge in [-0.15, -0.1) is 6.58 Å². The summed E-state index contributed by atoms with van der Waals surface area (Å²) in [6, 6.07) is 0. The third-order valence-corrected chi connectivity index (χ3v) is 1.88. The van der Waals surface area contributed by atoms with Crippen molar-refractivity contribution in [2.75, 3.05) is 7.11 Å². The predicted molar refractivity (Wildman–Crippen MR) is 51.3 cm³/mol. The molecule has 0 amide bonds. The van der Waals surface area contributed by atoms with Gasteiger partial charge >= 0.3 is 5.97 Å². The molecule has 0 aliphatic carbocycles. The highest BCUT2D eigenvalue weighted by atomic mass is 16.5. The Bertz CT molecular complexity index is 154. The summed E-state index contributed by atoms with van der Waals surface area (Å²) in [6.45, 7) is 3.48. The van der Waals surface area contributed by atoms with Crippen LogP contribution in [-0.2, 0) is 9.53 Å². The van der Waals surface area contributed by atoms with Gasteiger partial charge in [0.25, 0.3) is 0 Å². The van der Waals surface area contributed by atoms with Crippen molar-refractivity contribution in [3.05, 3.63) is 12.7 Å². The number of unbranched alkanes of at least 4 members (excludes halogenated alkanes) is 2. The second-order valence-corrected chi connectivity index (χ2v) is 2.98. The largest absolute Gasteiger partial charge is 0.469 e. The van der Waals surface area contributed by atoms with Crippen molar-refractivity contribution < 1.29 is 14.6 Å². The monoisotopic (exact) mass is 186 g/mol. The van der Waals surface area contributed by atoms with Crippen LogP contribution in [-0.4, -0.2) is 24.3 Å². The molecule has 0 radical (unpaired) electrons. The number of aliphatic hydroxyl groups is 1. The van der Waals surface area contributed by atoms with Gasteiger partial charge in [-0.25, -0.2) is 0 Å². The Morgan fingerprint density at radius 2 is 2.23 bits per heavy atom. The Labute approximate surface area is 79.4 Å². The van der Waals surface area contributed by atoms with Gasteiger partial charge in [-0.2, -0.15) is 0 Å². The van der Waals surface area contributed by atoms with Gasteiger partial charge in [-0.3, -0.25) is 4.79 Å². The molecule has 0 aromatic carbocycles. The molecule has 0 spiro atoms. The molecule has 0 saturated heterocycles. The molecule has 0 rings (SSSR count). The maximum Gasteiger partial charge on any atom is 0.305 e. The first-order valence-electron chi connectivity index (χ1n) is 4.58. The van der Waals surface area contributed by atoms with E-state index in [9.17, 15) is 4.79 Å². The number of carbonyl (C=O) groups excluding carboxylic acids is 1. The fourth-order valence-corrected chi connectivity index (χ4v) is 1.02. The number of methoxy groups -OCH3 is 1. The van der Waals surface area contributed by atoms with Crippen LogP contribution in [0.4, 0.5) is 0 Å². The van der Waals surface area contributed by atoms with Gasteiger partial charge < -0.3 is 9.84 Å². The summed E-state index contributed by atoms with van der Waals surface area (Å²) in [6.07, 6.45) is 5.02. The zero-order valence-corrected chi connectivity index (χ0v) is 8.16. The van der Waals surface area contributed by atoms with E-state index >= 15 is 0 Å². The minimum atomic E-state index is -0.405. The van der Waals surface area contributed by atoms with E-state index in [1.807, 2.05) is 0 Å². The predicted octanol–water partition coefficient (Wildman–Crippen LogP) is 1.66. The van der Waals surface area contributed by atoms with E-state index < -0.39 is 6.10 Å². The first-order chi connectivity index (χ1) is 6.20. The molecule has 0 heterocycles. The highest BCUT2D eigenvalue weighted by molar-refractivity contribution is 5.68. The number of carbonyl (C=O) groups is 1. The number of ether oxygens (including phenoxy) is 1. The van der Waals surface area contributed by atoms with Crippen LogP contribution in [0.3, 0.4) is 0 Å². The third-order valence-electron chi connectivity index (χ3n) is 1.88. The Morgan fingerprint density at radius 1 is 1.54 bits per heavy atom. The minimum Gasteiger partial charge on any atom is -0.469 e. The molecule has 0 fully saturated rings. The minimum absolute atomic E-state index is 0.163. The maximum absolute atomic E-state index is 10.7. The summed E-state index contributed by atoms with van der Waals surface area (Å²) in [5.41, 5.74) is 0. The molecule has 1 unspecified atom stereocenters. The van der Waals surface area contributed by atoms with Gasteiger partial charge in [0, 0.05) is 6.42 Å². The van der Waals surface area contributed by atoms with Crippen LogP contribution in [0.2, 0.25) is 0 Å². The molecule has 0 aliphatic rings. The first kappa shape index (κ1) is 12.2. The Hall–Kier alpha value is -0.830. The average molecular weight is 186 g/mol. The molecular formula is C10H18O3. The summed E-state index contributed by atoms with van der Waals surface area (Å²) >= 11 is 0. The van der Waals surface area contributed by atoms with E-state index in [-0.39, 0.29) is 5.97 Å². The topological polar surface area (TPSA) is 46.5 Å². The molecule has 0 saturated carbocycles. The second kappa shape index (κ2) is 7.80. The Balaban J connectivity index is 3.17. The van der Waals surface area contributed by atoms with Crippen molar-refractivity contribution in [1.29, 1.82) is 0 Å². The van der Waals surface area contributed by atoms with Crippen molar-refractivity contribution in [3.63, 3.8) is 0 Å². The van der Waals surface area contributed by atoms with E-state index in [0.717, 1.165) is 25.7 Å². The number of rotatable bonds is 7. The Morgan fingerprint density at radius 3 is 2.77 bits per heavy atom. The SMILES string of the molecule is C=CC(O)CCCCCC(=O)OC. The smallest absolute Gasteiger partial charge is 0.305 e. The zero-order chi connectivity index (χ0) is 10.1. The van der Waals surface area contributed by atoms with Gasteiger partial charge in [0.1, 0.15) is 0 Å². The normalized spacial score (nSPS) is 12.2. The summed E-state index contributed by atoms with van der Waals surface area (Å²) in [5, 5.41) is 9.10. The van der Waals surface area contributed by atoms with Crippen LogP contribution in [0.5, 0.6) is 0 Å². The molecule has 3 heteroatoms. The van der Waals surface area contributed by atoms with E-state index in [1.54, 1.807) is 0 Å². The molecule has 1 N–H and O–H groups in total. The van der Waals surface area contributed by atoms with Gasteiger partial charge in [0.15, 0.2) is 0 Å². The van der Waals surface area contributed by atoms with Gasteiger partial charge in [-0.05, 0) is 12.8 Å². The van der Waals surface area contributed by atoms with Crippen molar-refractivity contribution in [1.82, 2.24) is 0 Å². The van der Waals surface area contributed by atoms with Gasteiger partial charge in [0.2, 0.25) is 0 Å². The summed E-state index contributed by atoms with van der Waals surface area (Å²) in [4.78, 5) is 10.7. The second-order valence-electron chi connectivity index (χ2n) is 2.98. The van der Waals surface area contributed by atoms with E-state index in [0.29, 0.717) is 6.42 Å². The van der Waals surface area contributed by atoms with Crippen molar-refractivity contribution in [2.45, 2.75) is 38.2 Å². The molecule has 0 aromatic rings. The molecule has 0 aromatic heterocycles. The lowest BCUT2D eigenvalue weighted by atomic mass is 10.1. The third kappa shape index (κ3) is 7.53. The van der Waals surface area contributed by atoms with Gasteiger partial charge in [0.05, 0.1) is 13.2 Å². The number of esters is 1. The molecule has 0 aliphatic heterocycles. The lowest BCUT2D eigenvalue weighted by Gasteiger charge is -2.03. The summed E-state index contributed by atoms with van der Waals surface area (Å²) in [7, 11) is 1.39. The van der Waals surface area contributed by atoms with Crippen LogP contribution in [0.1, 0.15) is 32.1 Å². The van der Waals surface area contributed by atoms with Crippen LogP contribution in [0.15, 0.2) is 12.7 Å². The molecule has 13 heavy (non-hydrogen) atoms. The molecule has 1 atom stereocenters. The highest BCUT2D eigenvalue weighted by Crippen LogP contribution is 2.06. The zero-order valence-electron chi connectivity index (χ0n) is 8.16. The van der Waals surface area contributed by atoms with E-state index in [2.05, 4.69) is 11.3 Å². The highest BCUT2D eigenvalue weighted by Gasteiger charge is 2.00. The van der Waals surface area contributed by atoms with E-state index in [1.165, 1.54) is 13.2 Å². The molecule has 76 valence electrons. The maximum atomic E-state index is 10.7.